The highest BCUT2D eigenvalue weighted by molar-refractivity contribution is 5.74. The number of hydrogen-bond acceptors (Lipinski definition) is 4. The van der Waals surface area contributed by atoms with Crippen molar-refractivity contribution in [3.63, 3.8) is 0 Å². The Balaban J connectivity index is 1.37. The average molecular weight is 385 g/mol. The first-order valence-corrected chi connectivity index (χ1v) is 9.60. The molecule has 0 radical (unpaired) electrons. The number of aromatic nitrogens is 2. The average Bonchev–Trinajstić information content (AvgIpc) is 3.09. The highest BCUT2D eigenvalue weighted by Crippen LogP contribution is 2.25. The minimum absolute atomic E-state index is 0.0473. The van der Waals surface area contributed by atoms with E-state index < -0.39 is 5.97 Å². The van der Waals surface area contributed by atoms with Gasteiger partial charge in [0, 0.05) is 18.3 Å². The summed E-state index contributed by atoms with van der Waals surface area (Å²) in [4.78, 5) is 24.9. The lowest BCUT2D eigenvalue weighted by atomic mass is 9.85. The zero-order valence-electron chi connectivity index (χ0n) is 16.0. The number of nitrogens with zero attached hydrogens (tertiary/aromatic N) is 3. The van der Waals surface area contributed by atoms with E-state index in [0.717, 1.165) is 18.5 Å². The van der Waals surface area contributed by atoms with E-state index in [-0.39, 0.29) is 24.7 Å². The molecular formula is C20H27N5O3. The Bertz CT molecular complexity index is 786. The van der Waals surface area contributed by atoms with Crippen LogP contribution in [0.15, 0.2) is 42.6 Å². The topological polar surface area (TPSA) is 99.5 Å². The highest BCUT2D eigenvalue weighted by atomic mass is 16.4. The number of carbonyl (C=O) groups is 2. The maximum absolute atomic E-state index is 12.1. The molecule has 3 N–H and O–H groups in total. The van der Waals surface area contributed by atoms with E-state index >= 15 is 0 Å². The van der Waals surface area contributed by atoms with Gasteiger partial charge in [-0.3, -0.25) is 14.4 Å². The van der Waals surface area contributed by atoms with Crippen LogP contribution in [0.5, 0.6) is 0 Å². The fourth-order valence-corrected chi connectivity index (χ4v) is 3.44. The van der Waals surface area contributed by atoms with E-state index in [0.29, 0.717) is 19.6 Å². The Kier molecular flexibility index (Phi) is 6.65. The molecule has 0 aliphatic heterocycles. The van der Waals surface area contributed by atoms with Crippen LogP contribution in [0.4, 0.5) is 4.79 Å². The fraction of sp³-hybridized carbons (Fsp3) is 0.450. The standard InChI is InChI=1S/C20H27N5O3/c1-2-24(14-19(26)27)18-10-17(11-18)22-20(28)21-12-16-8-9-25(23-16)13-15-6-4-3-5-7-15/h3-9,17-18H,2,10-14H2,1H3,(H,26,27)(H2,21,22,28). The van der Waals surface area contributed by atoms with Crippen molar-refractivity contribution in [1.29, 1.82) is 0 Å². The van der Waals surface area contributed by atoms with E-state index in [1.54, 1.807) is 0 Å². The number of hydrogen-bond donors (Lipinski definition) is 3. The molecule has 28 heavy (non-hydrogen) atoms. The molecule has 8 nitrogen and oxygen atoms in total. The van der Waals surface area contributed by atoms with Gasteiger partial charge in [0.25, 0.3) is 0 Å². The number of urea groups is 1. The summed E-state index contributed by atoms with van der Waals surface area (Å²) in [6.45, 7) is 3.76. The lowest BCUT2D eigenvalue weighted by Gasteiger charge is -2.42. The molecule has 1 aliphatic rings. The number of aliphatic carboxylic acids is 1. The number of likely N-dealkylation sites (N-methyl/N-ethyl adjacent to an activating group) is 1. The molecule has 0 saturated heterocycles. The van der Waals surface area contributed by atoms with Crippen LogP contribution in [0, 0.1) is 0 Å². The molecule has 0 spiro atoms. The highest BCUT2D eigenvalue weighted by Gasteiger charge is 2.34. The van der Waals surface area contributed by atoms with Crippen molar-refractivity contribution in [2.75, 3.05) is 13.1 Å². The fourth-order valence-electron chi connectivity index (χ4n) is 3.44. The Hall–Kier alpha value is -2.87. The van der Waals surface area contributed by atoms with E-state index in [2.05, 4.69) is 27.9 Å². The summed E-state index contributed by atoms with van der Waals surface area (Å²) < 4.78 is 1.85. The van der Waals surface area contributed by atoms with Gasteiger partial charge in [-0.25, -0.2) is 4.79 Å². The monoisotopic (exact) mass is 385 g/mol. The molecule has 1 fully saturated rings. The maximum atomic E-state index is 12.1. The van der Waals surface area contributed by atoms with Gasteiger partial charge in [0.05, 0.1) is 25.3 Å². The molecule has 0 atom stereocenters. The maximum Gasteiger partial charge on any atom is 0.317 e. The van der Waals surface area contributed by atoms with Gasteiger partial charge in [-0.05, 0) is 31.0 Å². The van der Waals surface area contributed by atoms with E-state index in [4.69, 9.17) is 5.11 Å². The van der Waals surface area contributed by atoms with Crippen LogP contribution in [0.25, 0.3) is 0 Å². The van der Waals surface area contributed by atoms with Crippen molar-refractivity contribution in [2.24, 2.45) is 0 Å². The minimum Gasteiger partial charge on any atom is -0.480 e. The van der Waals surface area contributed by atoms with Gasteiger partial charge < -0.3 is 15.7 Å². The van der Waals surface area contributed by atoms with Crippen LogP contribution in [-0.4, -0.2) is 57.0 Å². The normalized spacial score (nSPS) is 18.5. The first-order valence-electron chi connectivity index (χ1n) is 9.60. The molecule has 8 heteroatoms. The third kappa shape index (κ3) is 5.56. The molecule has 1 heterocycles. The zero-order chi connectivity index (χ0) is 19.9. The Morgan fingerprint density at radius 3 is 2.68 bits per heavy atom. The lowest BCUT2D eigenvalue weighted by Crippen LogP contribution is -2.56. The molecule has 0 bridgehead atoms. The number of rotatable bonds is 9. The Labute approximate surface area is 164 Å². The number of benzene rings is 1. The molecule has 1 aromatic heterocycles. The number of nitrogens with one attached hydrogen (secondary N) is 2. The largest absolute Gasteiger partial charge is 0.480 e. The minimum atomic E-state index is -0.817. The van der Waals surface area contributed by atoms with Crippen LogP contribution in [0.2, 0.25) is 0 Å². The van der Waals surface area contributed by atoms with Crippen LogP contribution in [-0.2, 0) is 17.9 Å². The van der Waals surface area contributed by atoms with Crippen LogP contribution in [0.1, 0.15) is 31.0 Å². The Morgan fingerprint density at radius 1 is 1.25 bits per heavy atom. The van der Waals surface area contributed by atoms with Crippen molar-refractivity contribution >= 4 is 12.0 Å². The third-order valence-corrected chi connectivity index (χ3v) is 5.02. The molecular weight excluding hydrogens is 358 g/mol. The summed E-state index contributed by atoms with van der Waals surface area (Å²) in [7, 11) is 0. The van der Waals surface area contributed by atoms with Crippen molar-refractivity contribution in [2.45, 2.75) is 44.9 Å². The quantitative estimate of drug-likeness (QED) is 0.610. The van der Waals surface area contributed by atoms with Gasteiger partial charge in [0.2, 0.25) is 0 Å². The van der Waals surface area contributed by atoms with Crippen molar-refractivity contribution < 1.29 is 14.7 Å². The smallest absolute Gasteiger partial charge is 0.317 e. The van der Waals surface area contributed by atoms with Gasteiger partial charge in [0.1, 0.15) is 0 Å². The van der Waals surface area contributed by atoms with Crippen molar-refractivity contribution in [3.8, 4) is 0 Å². The summed E-state index contributed by atoms with van der Waals surface area (Å²) in [5.41, 5.74) is 1.97. The first kappa shape index (κ1) is 19.9. The molecule has 2 aromatic rings. The molecule has 0 unspecified atom stereocenters. The summed E-state index contributed by atoms with van der Waals surface area (Å²) >= 11 is 0. The van der Waals surface area contributed by atoms with Gasteiger partial charge in [-0.15, -0.1) is 0 Å². The summed E-state index contributed by atoms with van der Waals surface area (Å²) in [6.07, 6.45) is 3.46. The van der Waals surface area contributed by atoms with Gasteiger partial charge in [-0.1, -0.05) is 37.3 Å². The third-order valence-electron chi connectivity index (χ3n) is 5.02. The second kappa shape index (κ2) is 9.36. The summed E-state index contributed by atoms with van der Waals surface area (Å²) in [5, 5.41) is 19.2. The zero-order valence-corrected chi connectivity index (χ0v) is 16.0. The lowest BCUT2D eigenvalue weighted by molar-refractivity contribution is -0.139. The number of carbonyl (C=O) groups excluding carboxylic acids is 1. The second-order valence-corrected chi connectivity index (χ2v) is 7.10. The van der Waals surface area contributed by atoms with Crippen LogP contribution >= 0.6 is 0 Å². The van der Waals surface area contributed by atoms with Gasteiger partial charge in [-0.2, -0.15) is 5.10 Å². The molecule has 1 aliphatic carbocycles. The summed E-state index contributed by atoms with van der Waals surface area (Å²) in [5.74, 6) is -0.817. The summed E-state index contributed by atoms with van der Waals surface area (Å²) in [6, 6.07) is 12.1. The van der Waals surface area contributed by atoms with E-state index in [1.165, 1.54) is 5.56 Å². The van der Waals surface area contributed by atoms with E-state index in [9.17, 15) is 9.59 Å². The number of carboxylic acids is 1. The van der Waals surface area contributed by atoms with Gasteiger partial charge in [0.15, 0.2) is 0 Å². The molecule has 150 valence electrons. The molecule has 3 rings (SSSR count). The molecule has 1 aromatic carbocycles. The van der Waals surface area contributed by atoms with Crippen molar-refractivity contribution in [3.05, 3.63) is 53.9 Å². The first-order chi connectivity index (χ1) is 13.5. The molecule has 1 saturated carbocycles. The van der Waals surface area contributed by atoms with Crippen LogP contribution in [0.3, 0.4) is 0 Å². The molecule has 2 amide bonds. The second-order valence-electron chi connectivity index (χ2n) is 7.10. The van der Waals surface area contributed by atoms with Gasteiger partial charge >= 0.3 is 12.0 Å². The number of carboxylic acid groups (broad SMARTS) is 1. The van der Waals surface area contributed by atoms with E-state index in [1.807, 2.05) is 47.0 Å². The SMILES string of the molecule is CCN(CC(=O)O)C1CC(NC(=O)NCc2ccn(Cc3ccccc3)n2)C1. The van der Waals surface area contributed by atoms with Crippen LogP contribution < -0.4 is 10.6 Å². The Morgan fingerprint density at radius 2 is 2.00 bits per heavy atom. The predicted molar refractivity (Wildman–Crippen MR) is 105 cm³/mol. The van der Waals surface area contributed by atoms with Crippen molar-refractivity contribution in [1.82, 2.24) is 25.3 Å². The predicted octanol–water partition coefficient (Wildman–Crippen LogP) is 1.67. The number of amides is 2.